The van der Waals surface area contributed by atoms with Gasteiger partial charge in [0.15, 0.2) is 5.78 Å². The molecular formula is C67H109BrLiN3O6. The van der Waals surface area contributed by atoms with Crippen molar-refractivity contribution in [3.63, 3.8) is 0 Å². The number of aliphatic hydroxyl groups is 2. The van der Waals surface area contributed by atoms with Gasteiger partial charge in [0.1, 0.15) is 0 Å². The van der Waals surface area contributed by atoms with Crippen molar-refractivity contribution in [2.24, 2.45) is 81.8 Å². The minimum absolute atomic E-state index is 0. The van der Waals surface area contributed by atoms with E-state index in [0.29, 0.717) is 17.6 Å². The van der Waals surface area contributed by atoms with Crippen LogP contribution in [0.4, 0.5) is 11.4 Å². The van der Waals surface area contributed by atoms with Crippen molar-refractivity contribution in [3.8, 4) is 0 Å². The Morgan fingerprint density at radius 3 is 1.37 bits per heavy atom. The van der Waals surface area contributed by atoms with Crippen molar-refractivity contribution in [1.29, 1.82) is 0 Å². The zero-order chi connectivity index (χ0) is 55.3. The molecule has 9 nitrogen and oxygen atoms in total. The number of fused-ring (bicyclic) bond motifs is 10. The van der Waals surface area contributed by atoms with E-state index in [1.54, 1.807) is 14.2 Å². The molecule has 0 bridgehead atoms. The van der Waals surface area contributed by atoms with E-state index in [1.807, 2.05) is 66.3 Å². The van der Waals surface area contributed by atoms with Gasteiger partial charge in [0.05, 0.1) is 18.3 Å². The maximum atomic E-state index is 13.6. The number of anilines is 2. The molecule has 8 saturated carbocycles. The predicted octanol–water partition coefficient (Wildman–Crippen LogP) is 12.6. The van der Waals surface area contributed by atoms with Crippen LogP contribution >= 0.6 is 15.9 Å². The van der Waals surface area contributed by atoms with Crippen LogP contribution in [-0.2, 0) is 14.4 Å². The molecule has 1 aliphatic heterocycles. The number of benzene rings is 2. The quantitative estimate of drug-likeness (QED) is 0.128. The topological polar surface area (TPSA) is 103 Å². The molecule has 0 unspecified atom stereocenters. The van der Waals surface area contributed by atoms with Crippen LogP contribution in [0.25, 0.3) is 0 Å². The molecule has 0 spiro atoms. The fraction of sp³-hybridized carbons (Fsp3) is 0.776. The van der Waals surface area contributed by atoms with Crippen LogP contribution in [0.1, 0.15) is 195 Å². The SMILES string of the molecule is C.C1CCOC1.CN(C)c1ccc(Br)cc1.CN(C)c1ccc(C(=O)[C@H]2CC[C@H]3[C@@H]4CC[C@@H]5C[C@](C)(O)CC[C@@H]5[C@H]4CC[C@]23C)cc1.CON(C)C(=O)[C@H]1CC[C@H]2[C@@H]3CC[C@@H]4C[C@](C)(O)CC[C@@H]4[C@H]3CC[C@]12C.C[C-](C)C.[Li+]. The number of hydrogen-bond donors (Lipinski definition) is 2. The number of amides is 1. The summed E-state index contributed by atoms with van der Waals surface area (Å²) in [5.41, 5.74) is 2.72. The molecule has 78 heavy (non-hydrogen) atoms. The van der Waals surface area contributed by atoms with E-state index < -0.39 is 11.2 Å². The number of hydroxylamine groups is 2. The molecule has 1 saturated heterocycles. The summed E-state index contributed by atoms with van der Waals surface area (Å²) in [5.74, 6) is 10.1. The van der Waals surface area contributed by atoms with E-state index in [-0.39, 0.29) is 54.9 Å². The number of hydrogen-bond acceptors (Lipinski definition) is 8. The monoisotopic (exact) mass is 1140 g/mol. The third-order valence-electron chi connectivity index (χ3n) is 21.5. The fourth-order valence-electron chi connectivity index (χ4n) is 17.7. The normalized spacial score (nSPS) is 37.6. The van der Waals surface area contributed by atoms with Crippen LogP contribution in [-0.4, -0.2) is 93.7 Å². The average Bonchev–Trinajstić information content (AvgIpc) is 4.19. The summed E-state index contributed by atoms with van der Waals surface area (Å²) in [6.07, 6.45) is 23.6. The maximum Gasteiger partial charge on any atom is 1.00 e. The number of nitrogens with zero attached hydrogens (tertiary/aromatic N) is 3. The Balaban J connectivity index is 0.000000213. The van der Waals surface area contributed by atoms with E-state index in [9.17, 15) is 19.8 Å². The average molecular weight is 1140 g/mol. The van der Waals surface area contributed by atoms with Crippen LogP contribution in [0.5, 0.6) is 0 Å². The summed E-state index contributed by atoms with van der Waals surface area (Å²) in [6.45, 7) is 17.2. The van der Waals surface area contributed by atoms with Gasteiger partial charge in [-0.3, -0.25) is 14.4 Å². The largest absolute Gasteiger partial charge is 1.00 e. The van der Waals surface area contributed by atoms with Gasteiger partial charge in [0.2, 0.25) is 5.91 Å². The molecule has 1 amide bonds. The maximum absolute atomic E-state index is 13.6. The molecule has 9 aliphatic rings. The second kappa shape index (κ2) is 28.6. The molecule has 436 valence electrons. The Morgan fingerprint density at radius 1 is 0.577 bits per heavy atom. The van der Waals surface area contributed by atoms with Gasteiger partial charge in [-0.05, 0) is 261 Å². The minimum atomic E-state index is -0.440. The van der Waals surface area contributed by atoms with Crippen molar-refractivity contribution in [2.75, 3.05) is 65.4 Å². The Labute approximate surface area is 496 Å². The number of halogens is 1. The van der Waals surface area contributed by atoms with Crippen molar-refractivity contribution >= 4 is 39.0 Å². The molecular weight excluding hydrogens is 1030 g/mol. The second-order valence-corrected chi connectivity index (χ2v) is 28.6. The molecule has 11 heteroatoms. The van der Waals surface area contributed by atoms with E-state index in [4.69, 9.17) is 9.57 Å². The van der Waals surface area contributed by atoms with Crippen molar-refractivity contribution in [2.45, 2.75) is 196 Å². The number of Topliss-reactive ketones (excluding diaryl/α,β-unsaturated/α-hetero) is 1. The van der Waals surface area contributed by atoms with Gasteiger partial charge in [-0.2, -0.15) is 20.8 Å². The number of carbonyl (C=O) groups excluding carboxylic acids is 2. The smallest absolute Gasteiger partial charge is 0.390 e. The Bertz CT molecular complexity index is 2160. The summed E-state index contributed by atoms with van der Waals surface area (Å²) < 4.78 is 6.07. The molecule has 0 aromatic heterocycles. The fourth-order valence-corrected chi connectivity index (χ4v) is 17.9. The summed E-state index contributed by atoms with van der Waals surface area (Å²) >= 11 is 3.38. The summed E-state index contributed by atoms with van der Waals surface area (Å²) in [7, 11) is 11.5. The van der Waals surface area contributed by atoms with Gasteiger partial charge in [0, 0.05) is 81.7 Å². The zero-order valence-corrected chi connectivity index (χ0v) is 52.4. The molecule has 0 radical (unpaired) electrons. The number of ketones is 1. The van der Waals surface area contributed by atoms with Gasteiger partial charge >= 0.3 is 18.9 Å². The second-order valence-electron chi connectivity index (χ2n) is 27.7. The van der Waals surface area contributed by atoms with Crippen molar-refractivity contribution < 1.29 is 48.2 Å². The van der Waals surface area contributed by atoms with Gasteiger partial charge in [0.25, 0.3) is 0 Å². The molecule has 1 heterocycles. The number of ether oxygens (including phenoxy) is 1. The Kier molecular flexibility index (Phi) is 24.5. The van der Waals surface area contributed by atoms with Crippen LogP contribution in [0.2, 0.25) is 0 Å². The Morgan fingerprint density at radius 2 is 0.974 bits per heavy atom. The van der Waals surface area contributed by atoms with Crippen molar-refractivity contribution in [3.05, 3.63) is 64.5 Å². The summed E-state index contributed by atoms with van der Waals surface area (Å²) in [4.78, 5) is 35.8. The van der Waals surface area contributed by atoms with Crippen molar-refractivity contribution in [1.82, 2.24) is 5.06 Å². The number of rotatable bonds is 6. The molecule has 8 aliphatic carbocycles. The first-order chi connectivity index (χ1) is 35.9. The first kappa shape index (κ1) is 66.9. The van der Waals surface area contributed by atoms with E-state index in [1.165, 1.54) is 107 Å². The molecule has 2 aromatic rings. The molecule has 2 aromatic carbocycles. The number of carbonyl (C=O) groups is 2. The van der Waals surface area contributed by atoms with E-state index in [0.717, 1.165) is 115 Å². The zero-order valence-electron chi connectivity index (χ0n) is 50.9. The standard InChI is InChI=1S/C28H41NO2.C22H37NO3.C8H10BrN.C4H8O.C4H9.CH4.Li/c1-27(31)15-13-21-19(17-27)7-10-23-22(21)14-16-28(2)24(23)11-12-25(28)26(30)18-5-8-20(9-6-18)29(3)4;1-21(25)11-9-15-14(13-21)5-6-17-16(15)10-12-22(2)18(17)7-8-19(22)20(24)23(3)26-4;1-10(2)8-5-3-7(9)4-6-8;1-2-4-5-3-1;1-4(2)3;;/h5-6,8-9,19,21-25,31H,7,10-17H2,1-4H3;14-19,25H,5-13H2,1-4H3;3-6H,1-2H3;1-4H2;1-3H3;1H4;/q;;;;-1;;+1/t19-,21+,22-,23-,24+,25-,27-,28+;14-,15+,16-,17-,18+,19-,21-,22+;;;;;/m11...../s1. The molecule has 16 atom stereocenters. The molecule has 9 fully saturated rings. The first-order valence-electron chi connectivity index (χ1n) is 30.2. The van der Waals surface area contributed by atoms with Gasteiger partial charge in [-0.25, -0.2) is 5.06 Å². The van der Waals surface area contributed by atoms with Crippen LogP contribution in [0.3, 0.4) is 0 Å². The van der Waals surface area contributed by atoms with Crippen LogP contribution < -0.4 is 28.7 Å². The van der Waals surface area contributed by atoms with Gasteiger partial charge in [-0.1, -0.05) is 37.2 Å². The van der Waals surface area contributed by atoms with E-state index in [2.05, 4.69) is 84.6 Å². The minimum Gasteiger partial charge on any atom is -0.390 e. The van der Waals surface area contributed by atoms with Crippen LogP contribution in [0.15, 0.2) is 53.0 Å². The van der Waals surface area contributed by atoms with E-state index >= 15 is 0 Å². The van der Waals surface area contributed by atoms with Crippen LogP contribution in [0, 0.1) is 87.8 Å². The molecule has 2 N–H and O–H groups in total. The predicted molar refractivity (Wildman–Crippen MR) is 323 cm³/mol. The van der Waals surface area contributed by atoms with Gasteiger partial charge in [-0.15, -0.1) is 0 Å². The third-order valence-corrected chi connectivity index (χ3v) is 22.0. The summed E-state index contributed by atoms with van der Waals surface area (Å²) in [6, 6.07) is 16.5. The first-order valence-corrected chi connectivity index (χ1v) is 31.0. The Hall–Kier alpha value is -1.90. The third kappa shape index (κ3) is 15.6. The van der Waals surface area contributed by atoms with Gasteiger partial charge < -0.3 is 30.7 Å². The molecule has 11 rings (SSSR count). The summed E-state index contributed by atoms with van der Waals surface area (Å²) in [5, 5.41) is 22.6.